The minimum absolute atomic E-state index is 0.426. The molecule has 2 heteroatoms. The number of rotatable bonds is 5. The quantitative estimate of drug-likeness (QED) is 0.750. The van der Waals surface area contributed by atoms with Crippen molar-refractivity contribution in [2.75, 3.05) is 13.2 Å². The molecule has 0 aromatic heterocycles. The third kappa shape index (κ3) is 4.10. The predicted molar refractivity (Wildman–Crippen MR) is 76.8 cm³/mol. The van der Waals surface area contributed by atoms with E-state index in [1.165, 1.54) is 57.8 Å². The van der Waals surface area contributed by atoms with Gasteiger partial charge in [-0.1, -0.05) is 25.0 Å². The smallest absolute Gasteiger partial charge is 0.0766 e. The van der Waals surface area contributed by atoms with Crippen LogP contribution in [0.1, 0.15) is 64.7 Å². The van der Waals surface area contributed by atoms with Gasteiger partial charge < -0.3 is 10.1 Å². The molecule has 1 aliphatic carbocycles. The van der Waals surface area contributed by atoms with Crippen LogP contribution in [0, 0.1) is 0 Å². The van der Waals surface area contributed by atoms with E-state index >= 15 is 0 Å². The van der Waals surface area contributed by atoms with Crippen molar-refractivity contribution in [3.8, 4) is 0 Å². The molecule has 2 rings (SSSR count). The standard InChI is InChI=1S/C16H29NO/c1-2-12-17-16(15-11-7-8-13-18-15)14-9-5-3-4-6-10-14/h9,15-17H,2-8,10-13H2,1H3. The van der Waals surface area contributed by atoms with Gasteiger partial charge in [-0.25, -0.2) is 0 Å². The Kier molecular flexibility index (Phi) is 6.22. The van der Waals surface area contributed by atoms with Crippen LogP contribution in [0.2, 0.25) is 0 Å². The van der Waals surface area contributed by atoms with Crippen LogP contribution in [-0.4, -0.2) is 25.3 Å². The first-order chi connectivity index (χ1) is 8.92. The zero-order chi connectivity index (χ0) is 12.6. The maximum absolute atomic E-state index is 6.03. The van der Waals surface area contributed by atoms with Gasteiger partial charge in [-0.3, -0.25) is 0 Å². The molecule has 1 N–H and O–H groups in total. The zero-order valence-corrected chi connectivity index (χ0v) is 11.9. The van der Waals surface area contributed by atoms with Crippen LogP contribution in [-0.2, 0) is 4.74 Å². The molecule has 2 nitrogen and oxygen atoms in total. The van der Waals surface area contributed by atoms with Crippen LogP contribution >= 0.6 is 0 Å². The van der Waals surface area contributed by atoms with Gasteiger partial charge in [0.15, 0.2) is 0 Å². The van der Waals surface area contributed by atoms with Crippen molar-refractivity contribution in [1.82, 2.24) is 5.32 Å². The fourth-order valence-corrected chi connectivity index (χ4v) is 3.15. The van der Waals surface area contributed by atoms with E-state index in [9.17, 15) is 0 Å². The van der Waals surface area contributed by atoms with E-state index in [0.29, 0.717) is 12.1 Å². The van der Waals surface area contributed by atoms with Crippen LogP contribution in [0.3, 0.4) is 0 Å². The molecule has 0 saturated carbocycles. The van der Waals surface area contributed by atoms with E-state index in [2.05, 4.69) is 18.3 Å². The lowest BCUT2D eigenvalue weighted by Crippen LogP contribution is -2.44. The molecule has 2 aliphatic rings. The SMILES string of the molecule is CCCNC(C1=CCCCCC1)C1CCCCO1. The second kappa shape index (κ2) is 7.96. The van der Waals surface area contributed by atoms with Crippen molar-refractivity contribution in [3.05, 3.63) is 11.6 Å². The average Bonchev–Trinajstić information content (AvgIpc) is 2.70. The molecule has 0 radical (unpaired) electrons. The molecule has 0 amide bonds. The number of hydrogen-bond donors (Lipinski definition) is 1. The molecule has 0 aromatic carbocycles. The summed E-state index contributed by atoms with van der Waals surface area (Å²) < 4.78 is 6.03. The van der Waals surface area contributed by atoms with Gasteiger partial charge >= 0.3 is 0 Å². The van der Waals surface area contributed by atoms with Crippen molar-refractivity contribution >= 4 is 0 Å². The summed E-state index contributed by atoms with van der Waals surface area (Å²) in [5, 5.41) is 3.74. The molecule has 1 aliphatic heterocycles. The second-order valence-corrected chi connectivity index (χ2v) is 5.72. The number of ether oxygens (including phenoxy) is 1. The molecule has 0 spiro atoms. The normalized spacial score (nSPS) is 27.4. The first kappa shape index (κ1) is 14.1. The monoisotopic (exact) mass is 251 g/mol. The van der Waals surface area contributed by atoms with Gasteiger partial charge in [0.1, 0.15) is 0 Å². The first-order valence-electron chi connectivity index (χ1n) is 7.95. The van der Waals surface area contributed by atoms with Gasteiger partial charge in [0.2, 0.25) is 0 Å². The molecular weight excluding hydrogens is 222 g/mol. The topological polar surface area (TPSA) is 21.3 Å². The summed E-state index contributed by atoms with van der Waals surface area (Å²) in [7, 11) is 0. The highest BCUT2D eigenvalue weighted by Gasteiger charge is 2.27. The minimum Gasteiger partial charge on any atom is -0.376 e. The Morgan fingerprint density at radius 3 is 3.00 bits per heavy atom. The summed E-state index contributed by atoms with van der Waals surface area (Å²) in [4.78, 5) is 0. The predicted octanol–water partition coefficient (Wildman–Crippen LogP) is 3.81. The number of nitrogens with one attached hydrogen (secondary N) is 1. The highest BCUT2D eigenvalue weighted by Crippen LogP contribution is 2.26. The number of allylic oxidation sites excluding steroid dienone is 1. The summed E-state index contributed by atoms with van der Waals surface area (Å²) in [5.74, 6) is 0. The Morgan fingerprint density at radius 1 is 1.28 bits per heavy atom. The molecular formula is C16H29NO. The Hall–Kier alpha value is -0.340. The first-order valence-corrected chi connectivity index (χ1v) is 7.95. The van der Waals surface area contributed by atoms with Crippen molar-refractivity contribution in [2.45, 2.75) is 76.9 Å². The van der Waals surface area contributed by atoms with Crippen molar-refractivity contribution < 1.29 is 4.74 Å². The fraction of sp³-hybridized carbons (Fsp3) is 0.875. The van der Waals surface area contributed by atoms with Crippen LogP contribution in [0.15, 0.2) is 11.6 Å². The molecule has 18 heavy (non-hydrogen) atoms. The van der Waals surface area contributed by atoms with Gasteiger partial charge in [-0.15, -0.1) is 0 Å². The van der Waals surface area contributed by atoms with Gasteiger partial charge in [-0.05, 0) is 57.9 Å². The van der Waals surface area contributed by atoms with E-state index in [4.69, 9.17) is 4.74 Å². The Balaban J connectivity index is 1.99. The van der Waals surface area contributed by atoms with Gasteiger partial charge in [0.25, 0.3) is 0 Å². The third-order valence-electron chi connectivity index (χ3n) is 4.18. The van der Waals surface area contributed by atoms with Crippen molar-refractivity contribution in [1.29, 1.82) is 0 Å². The lowest BCUT2D eigenvalue weighted by atomic mass is 9.92. The highest BCUT2D eigenvalue weighted by atomic mass is 16.5. The number of hydrogen-bond acceptors (Lipinski definition) is 2. The van der Waals surface area contributed by atoms with Gasteiger partial charge in [0, 0.05) is 6.61 Å². The third-order valence-corrected chi connectivity index (χ3v) is 4.18. The van der Waals surface area contributed by atoms with E-state index in [-0.39, 0.29) is 0 Å². The minimum atomic E-state index is 0.426. The molecule has 2 unspecified atom stereocenters. The van der Waals surface area contributed by atoms with E-state index < -0.39 is 0 Å². The molecule has 1 fully saturated rings. The summed E-state index contributed by atoms with van der Waals surface area (Å²) >= 11 is 0. The van der Waals surface area contributed by atoms with Crippen LogP contribution in [0.5, 0.6) is 0 Å². The molecule has 2 atom stereocenters. The molecule has 0 bridgehead atoms. The molecule has 0 aromatic rings. The zero-order valence-electron chi connectivity index (χ0n) is 11.9. The summed E-state index contributed by atoms with van der Waals surface area (Å²) in [6.45, 7) is 4.32. The Morgan fingerprint density at radius 2 is 2.22 bits per heavy atom. The van der Waals surface area contributed by atoms with Gasteiger partial charge in [-0.2, -0.15) is 0 Å². The van der Waals surface area contributed by atoms with E-state index in [1.807, 2.05) is 0 Å². The molecule has 1 heterocycles. The fourth-order valence-electron chi connectivity index (χ4n) is 3.15. The summed E-state index contributed by atoms with van der Waals surface area (Å²) in [6.07, 6.45) is 14.6. The Labute approximate surface area is 112 Å². The van der Waals surface area contributed by atoms with Crippen LogP contribution in [0.25, 0.3) is 0 Å². The Bertz CT molecular complexity index is 256. The summed E-state index contributed by atoms with van der Waals surface area (Å²) in [6, 6.07) is 0.489. The van der Waals surface area contributed by atoms with Crippen LogP contribution in [0.4, 0.5) is 0 Å². The maximum atomic E-state index is 6.03. The largest absolute Gasteiger partial charge is 0.376 e. The van der Waals surface area contributed by atoms with Crippen molar-refractivity contribution in [2.24, 2.45) is 0 Å². The lowest BCUT2D eigenvalue weighted by molar-refractivity contribution is -0.000568. The highest BCUT2D eigenvalue weighted by molar-refractivity contribution is 5.15. The second-order valence-electron chi connectivity index (χ2n) is 5.72. The average molecular weight is 251 g/mol. The van der Waals surface area contributed by atoms with E-state index in [0.717, 1.165) is 13.2 Å². The maximum Gasteiger partial charge on any atom is 0.0766 e. The van der Waals surface area contributed by atoms with E-state index in [1.54, 1.807) is 5.57 Å². The van der Waals surface area contributed by atoms with Gasteiger partial charge in [0.05, 0.1) is 12.1 Å². The molecule has 104 valence electrons. The lowest BCUT2D eigenvalue weighted by Gasteiger charge is -2.33. The van der Waals surface area contributed by atoms with Crippen LogP contribution < -0.4 is 5.32 Å². The van der Waals surface area contributed by atoms with Crippen molar-refractivity contribution in [3.63, 3.8) is 0 Å². The molecule has 1 saturated heterocycles. The summed E-state index contributed by atoms with van der Waals surface area (Å²) in [5.41, 5.74) is 1.63.